The molecule has 5 aromatic rings. The van der Waals surface area contributed by atoms with Crippen LogP contribution >= 0.6 is 0 Å². The van der Waals surface area contributed by atoms with E-state index in [-0.39, 0.29) is 5.91 Å². The van der Waals surface area contributed by atoms with E-state index < -0.39 is 0 Å². The number of hydrogen-bond acceptors (Lipinski definition) is 2. The van der Waals surface area contributed by atoms with Crippen molar-refractivity contribution in [3.05, 3.63) is 126 Å². The monoisotopic (exact) mass is 443 g/mol. The van der Waals surface area contributed by atoms with Crippen LogP contribution in [0.5, 0.6) is 0 Å². The first-order chi connectivity index (χ1) is 16.6. The van der Waals surface area contributed by atoms with Crippen molar-refractivity contribution in [3.8, 4) is 28.1 Å². The molecule has 0 saturated heterocycles. The van der Waals surface area contributed by atoms with E-state index in [9.17, 15) is 4.79 Å². The van der Waals surface area contributed by atoms with Crippen molar-refractivity contribution >= 4 is 11.6 Å². The Kier molecular flexibility index (Phi) is 5.79. The normalized spacial score (nSPS) is 10.8. The van der Waals surface area contributed by atoms with Crippen LogP contribution in [0.1, 0.15) is 21.6 Å². The Morgan fingerprint density at radius 1 is 0.706 bits per heavy atom. The molecule has 0 aliphatic rings. The van der Waals surface area contributed by atoms with Crippen molar-refractivity contribution in [2.24, 2.45) is 0 Å². The highest BCUT2D eigenvalue weighted by Crippen LogP contribution is 2.28. The van der Waals surface area contributed by atoms with Gasteiger partial charge in [-0.15, -0.1) is 0 Å². The Morgan fingerprint density at radius 3 is 2.12 bits per heavy atom. The van der Waals surface area contributed by atoms with Crippen molar-refractivity contribution in [3.63, 3.8) is 0 Å². The molecule has 4 nitrogen and oxygen atoms in total. The van der Waals surface area contributed by atoms with Gasteiger partial charge in [0.2, 0.25) is 0 Å². The molecule has 0 unspecified atom stereocenters. The number of aromatic nitrogens is 2. The van der Waals surface area contributed by atoms with Crippen molar-refractivity contribution in [1.82, 2.24) is 9.78 Å². The number of carbonyl (C=O) groups is 1. The molecular formula is C30H25N3O. The smallest absolute Gasteiger partial charge is 0.276 e. The highest BCUT2D eigenvalue weighted by atomic mass is 16.1. The van der Waals surface area contributed by atoms with Gasteiger partial charge < -0.3 is 5.32 Å². The van der Waals surface area contributed by atoms with Crippen molar-refractivity contribution in [2.75, 3.05) is 5.32 Å². The summed E-state index contributed by atoms with van der Waals surface area (Å²) in [7, 11) is 0. The summed E-state index contributed by atoms with van der Waals surface area (Å²) in [6.45, 7) is 4.05. The molecule has 1 aromatic heterocycles. The van der Waals surface area contributed by atoms with Gasteiger partial charge >= 0.3 is 0 Å². The number of carbonyl (C=O) groups excluding carboxylic acids is 1. The molecule has 0 spiro atoms. The lowest BCUT2D eigenvalue weighted by molar-refractivity contribution is 0.102. The maximum atomic E-state index is 13.1. The second kappa shape index (κ2) is 9.20. The molecule has 1 amide bonds. The summed E-state index contributed by atoms with van der Waals surface area (Å²) >= 11 is 0. The van der Waals surface area contributed by atoms with Gasteiger partial charge in [0, 0.05) is 11.3 Å². The third-order valence-electron chi connectivity index (χ3n) is 5.85. The molecule has 0 aliphatic carbocycles. The summed E-state index contributed by atoms with van der Waals surface area (Å²) in [4.78, 5) is 13.1. The second-order valence-electron chi connectivity index (χ2n) is 8.38. The maximum absolute atomic E-state index is 13.1. The van der Waals surface area contributed by atoms with Crippen LogP contribution < -0.4 is 5.32 Å². The molecule has 5 rings (SSSR count). The molecule has 0 aliphatic heterocycles. The number of hydrogen-bond donors (Lipinski definition) is 1. The predicted octanol–water partition coefficient (Wildman–Crippen LogP) is 7.08. The van der Waals surface area contributed by atoms with E-state index >= 15 is 0 Å². The van der Waals surface area contributed by atoms with Crippen LogP contribution in [-0.4, -0.2) is 15.7 Å². The molecule has 0 radical (unpaired) electrons. The Balaban J connectivity index is 1.55. The summed E-state index contributed by atoms with van der Waals surface area (Å²) in [5.41, 5.74) is 8.40. The maximum Gasteiger partial charge on any atom is 0.276 e. The Hall–Kier alpha value is -4.44. The average Bonchev–Trinajstić information content (AvgIpc) is 3.30. The number of para-hydroxylation sites is 1. The summed E-state index contributed by atoms with van der Waals surface area (Å²) in [5, 5.41) is 7.69. The van der Waals surface area contributed by atoms with Crippen LogP contribution in [0.3, 0.4) is 0 Å². The highest BCUT2D eigenvalue weighted by molar-refractivity contribution is 6.03. The van der Waals surface area contributed by atoms with Gasteiger partial charge in [0.05, 0.1) is 11.4 Å². The predicted molar refractivity (Wildman–Crippen MR) is 138 cm³/mol. The van der Waals surface area contributed by atoms with Gasteiger partial charge in [-0.05, 0) is 60.4 Å². The summed E-state index contributed by atoms with van der Waals surface area (Å²) < 4.78 is 1.86. The van der Waals surface area contributed by atoms with Crippen LogP contribution in [-0.2, 0) is 0 Å². The SMILES string of the molecule is Cc1cccc(NC(=O)c2cc(-c3ccc(-c4ccccc4)cc3)n(-c3ccccc3C)n2)c1. The fraction of sp³-hybridized carbons (Fsp3) is 0.0667. The number of nitrogens with one attached hydrogen (secondary N) is 1. The summed E-state index contributed by atoms with van der Waals surface area (Å²) in [6, 6.07) is 36.3. The first-order valence-corrected chi connectivity index (χ1v) is 11.3. The topological polar surface area (TPSA) is 46.9 Å². The second-order valence-corrected chi connectivity index (χ2v) is 8.38. The molecule has 1 heterocycles. The van der Waals surface area contributed by atoms with E-state index in [0.717, 1.165) is 39.3 Å². The largest absolute Gasteiger partial charge is 0.321 e. The molecule has 34 heavy (non-hydrogen) atoms. The zero-order valence-electron chi connectivity index (χ0n) is 19.2. The van der Waals surface area contributed by atoms with Crippen LogP contribution in [0.25, 0.3) is 28.1 Å². The van der Waals surface area contributed by atoms with Crippen molar-refractivity contribution in [1.29, 1.82) is 0 Å². The van der Waals surface area contributed by atoms with Gasteiger partial charge in [-0.2, -0.15) is 5.10 Å². The molecule has 166 valence electrons. The van der Waals surface area contributed by atoms with E-state index in [2.05, 4.69) is 41.7 Å². The number of rotatable bonds is 5. The lowest BCUT2D eigenvalue weighted by Crippen LogP contribution is -2.13. The number of anilines is 1. The van der Waals surface area contributed by atoms with Crippen LogP contribution in [0.4, 0.5) is 5.69 Å². The van der Waals surface area contributed by atoms with Crippen molar-refractivity contribution in [2.45, 2.75) is 13.8 Å². The Morgan fingerprint density at radius 2 is 1.38 bits per heavy atom. The Labute approximate surface area is 199 Å². The minimum absolute atomic E-state index is 0.236. The molecular weight excluding hydrogens is 418 g/mol. The van der Waals surface area contributed by atoms with Gasteiger partial charge in [-0.25, -0.2) is 4.68 Å². The zero-order valence-corrected chi connectivity index (χ0v) is 19.2. The average molecular weight is 444 g/mol. The molecule has 0 fully saturated rings. The zero-order chi connectivity index (χ0) is 23.5. The quantitative estimate of drug-likeness (QED) is 0.316. The Bertz CT molecular complexity index is 1450. The third-order valence-corrected chi connectivity index (χ3v) is 5.85. The molecule has 0 atom stereocenters. The fourth-order valence-corrected chi connectivity index (χ4v) is 4.06. The number of aryl methyl sites for hydroxylation is 2. The first-order valence-electron chi connectivity index (χ1n) is 11.3. The molecule has 4 aromatic carbocycles. The number of amides is 1. The summed E-state index contributed by atoms with van der Waals surface area (Å²) in [5.74, 6) is -0.236. The van der Waals surface area contributed by atoms with Crippen LogP contribution in [0.2, 0.25) is 0 Å². The minimum atomic E-state index is -0.236. The van der Waals surface area contributed by atoms with Gasteiger partial charge in [-0.3, -0.25) is 4.79 Å². The van der Waals surface area contributed by atoms with Gasteiger partial charge in [0.25, 0.3) is 5.91 Å². The molecule has 0 bridgehead atoms. The lowest BCUT2D eigenvalue weighted by Gasteiger charge is -2.11. The first kappa shape index (κ1) is 21.4. The third kappa shape index (κ3) is 4.39. The van der Waals surface area contributed by atoms with Crippen molar-refractivity contribution < 1.29 is 4.79 Å². The summed E-state index contributed by atoms with van der Waals surface area (Å²) in [6.07, 6.45) is 0. The number of benzene rings is 4. The van der Waals surface area contributed by atoms with Crippen LogP contribution in [0.15, 0.2) is 109 Å². The van der Waals surface area contributed by atoms with Gasteiger partial charge in [0.1, 0.15) is 0 Å². The highest BCUT2D eigenvalue weighted by Gasteiger charge is 2.18. The van der Waals surface area contributed by atoms with Gasteiger partial charge in [-0.1, -0.05) is 84.9 Å². The van der Waals surface area contributed by atoms with E-state index in [4.69, 9.17) is 5.10 Å². The minimum Gasteiger partial charge on any atom is -0.321 e. The van der Waals surface area contributed by atoms with E-state index in [1.165, 1.54) is 5.56 Å². The molecule has 4 heteroatoms. The molecule has 1 N–H and O–H groups in total. The van der Waals surface area contributed by atoms with Crippen LogP contribution in [0, 0.1) is 13.8 Å². The van der Waals surface area contributed by atoms with E-state index in [1.807, 2.05) is 91.3 Å². The van der Waals surface area contributed by atoms with E-state index in [0.29, 0.717) is 5.69 Å². The van der Waals surface area contributed by atoms with E-state index in [1.54, 1.807) is 0 Å². The lowest BCUT2D eigenvalue weighted by atomic mass is 10.0. The fourth-order valence-electron chi connectivity index (χ4n) is 4.06. The number of nitrogens with zero attached hydrogens (tertiary/aromatic N) is 2. The van der Waals surface area contributed by atoms with Gasteiger partial charge in [0.15, 0.2) is 5.69 Å². The standard InChI is InChI=1S/C30H25N3O/c1-21-9-8-13-26(19-21)31-30(34)27-20-29(33(32-27)28-14-7-6-10-22(28)2)25-17-15-24(16-18-25)23-11-4-3-5-12-23/h3-20H,1-2H3,(H,31,34). The molecule has 0 saturated carbocycles.